The van der Waals surface area contributed by atoms with Crippen molar-refractivity contribution in [2.45, 2.75) is 26.2 Å². The van der Waals surface area contributed by atoms with Gasteiger partial charge < -0.3 is 8.99 Å². The summed E-state index contributed by atoms with van der Waals surface area (Å²) in [7, 11) is 0.381. The number of imidazole rings is 1. The van der Waals surface area contributed by atoms with Gasteiger partial charge >= 0.3 is 0 Å². The van der Waals surface area contributed by atoms with E-state index >= 15 is 0 Å². The number of para-hydroxylation sites is 3. The average Bonchev–Trinajstić information content (AvgIpc) is 2.84. The monoisotopic (exact) mass is 337 g/mol. The SMILES string of the molecule is Cn1c(/C=N\Cc2ccccc2O[Si](C)(C)C)nc2ccccc21. The molecule has 0 fully saturated rings. The third kappa shape index (κ3) is 3.74. The van der Waals surface area contributed by atoms with Crippen LogP contribution in [0.5, 0.6) is 5.75 Å². The van der Waals surface area contributed by atoms with Gasteiger partial charge in [-0.05, 0) is 37.8 Å². The molecule has 1 heterocycles. The van der Waals surface area contributed by atoms with Crippen molar-refractivity contribution < 1.29 is 4.43 Å². The maximum absolute atomic E-state index is 6.15. The molecule has 0 amide bonds. The fourth-order valence-electron chi connectivity index (χ4n) is 2.57. The summed E-state index contributed by atoms with van der Waals surface area (Å²) in [5.74, 6) is 1.80. The number of benzene rings is 2. The Morgan fingerprint density at radius 2 is 1.79 bits per heavy atom. The minimum atomic E-state index is -1.63. The molecule has 0 unspecified atom stereocenters. The summed E-state index contributed by atoms with van der Waals surface area (Å²) in [6.07, 6.45) is 1.84. The molecule has 0 aliphatic carbocycles. The molecule has 1 aromatic heterocycles. The highest BCUT2D eigenvalue weighted by Gasteiger charge is 2.17. The Hall–Kier alpha value is -2.40. The zero-order valence-electron chi connectivity index (χ0n) is 14.7. The van der Waals surface area contributed by atoms with Gasteiger partial charge in [0.05, 0.1) is 23.8 Å². The van der Waals surface area contributed by atoms with Crippen molar-refractivity contribution in [3.05, 3.63) is 59.9 Å². The largest absolute Gasteiger partial charge is 0.544 e. The van der Waals surface area contributed by atoms with Crippen LogP contribution < -0.4 is 4.43 Å². The fraction of sp³-hybridized carbons (Fsp3) is 0.263. The number of hydrogen-bond donors (Lipinski definition) is 0. The number of hydrogen-bond acceptors (Lipinski definition) is 3. The van der Waals surface area contributed by atoms with Crippen LogP contribution in [0.3, 0.4) is 0 Å². The van der Waals surface area contributed by atoms with Crippen LogP contribution in [0.1, 0.15) is 11.4 Å². The first-order chi connectivity index (χ1) is 11.4. The second-order valence-corrected chi connectivity index (χ2v) is 11.2. The van der Waals surface area contributed by atoms with Gasteiger partial charge in [0.25, 0.3) is 0 Å². The van der Waals surface area contributed by atoms with E-state index in [0.717, 1.165) is 28.2 Å². The molecular formula is C19H23N3OSi. The molecular weight excluding hydrogens is 314 g/mol. The maximum Gasteiger partial charge on any atom is 0.242 e. The molecule has 0 saturated carbocycles. The Bertz CT molecular complexity index is 878. The van der Waals surface area contributed by atoms with Crippen LogP contribution in [-0.4, -0.2) is 24.1 Å². The highest BCUT2D eigenvalue weighted by atomic mass is 28.4. The van der Waals surface area contributed by atoms with Crippen LogP contribution in [0.15, 0.2) is 53.5 Å². The molecule has 3 aromatic rings. The van der Waals surface area contributed by atoms with E-state index in [9.17, 15) is 0 Å². The number of aliphatic imine (C=N–C) groups is 1. The maximum atomic E-state index is 6.15. The molecule has 0 saturated heterocycles. The van der Waals surface area contributed by atoms with Crippen molar-refractivity contribution in [2.75, 3.05) is 0 Å². The van der Waals surface area contributed by atoms with Gasteiger partial charge in [0.2, 0.25) is 8.32 Å². The summed E-state index contributed by atoms with van der Waals surface area (Å²) in [6, 6.07) is 16.2. The zero-order valence-corrected chi connectivity index (χ0v) is 15.7. The third-order valence-corrected chi connectivity index (χ3v) is 4.51. The lowest BCUT2D eigenvalue weighted by Crippen LogP contribution is -2.29. The second kappa shape index (κ2) is 6.61. The number of rotatable bonds is 5. The topological polar surface area (TPSA) is 39.4 Å². The fourth-order valence-corrected chi connectivity index (χ4v) is 3.43. The Kier molecular flexibility index (Phi) is 4.53. The number of fused-ring (bicyclic) bond motifs is 1. The molecule has 4 nitrogen and oxygen atoms in total. The predicted molar refractivity (Wildman–Crippen MR) is 102 cm³/mol. The van der Waals surface area contributed by atoms with Gasteiger partial charge in [-0.25, -0.2) is 4.98 Å². The molecule has 0 bridgehead atoms. The van der Waals surface area contributed by atoms with Crippen LogP contribution >= 0.6 is 0 Å². The summed E-state index contributed by atoms with van der Waals surface area (Å²) < 4.78 is 8.21. The first-order valence-electron chi connectivity index (χ1n) is 8.12. The van der Waals surface area contributed by atoms with Crippen LogP contribution in [0, 0.1) is 0 Å². The summed E-state index contributed by atoms with van der Waals surface area (Å²) in [6.45, 7) is 7.15. The first-order valence-corrected chi connectivity index (χ1v) is 11.5. The van der Waals surface area contributed by atoms with Crippen molar-refractivity contribution in [3.8, 4) is 5.75 Å². The van der Waals surface area contributed by atoms with Gasteiger partial charge in [0.1, 0.15) is 5.75 Å². The quantitative estimate of drug-likeness (QED) is 0.511. The Balaban J connectivity index is 1.80. The predicted octanol–water partition coefficient (Wildman–Crippen LogP) is 4.41. The van der Waals surface area contributed by atoms with E-state index in [-0.39, 0.29) is 0 Å². The normalized spacial score (nSPS) is 12.2. The Labute approximate surface area is 144 Å². The van der Waals surface area contributed by atoms with E-state index in [4.69, 9.17) is 4.43 Å². The van der Waals surface area contributed by atoms with Crippen LogP contribution in [-0.2, 0) is 13.6 Å². The van der Waals surface area contributed by atoms with E-state index in [1.165, 1.54) is 0 Å². The standard InChI is InChI=1S/C19H23N3OSi/c1-22-17-11-7-6-10-16(17)21-19(22)14-20-13-15-9-5-8-12-18(15)23-24(2,3)4/h5-12,14H,13H2,1-4H3/b20-14-. The number of aromatic nitrogens is 2. The molecule has 2 aromatic carbocycles. The minimum Gasteiger partial charge on any atom is -0.544 e. The second-order valence-electron chi connectivity index (χ2n) is 6.81. The summed E-state index contributed by atoms with van der Waals surface area (Å²) in [5.41, 5.74) is 3.21. The highest BCUT2D eigenvalue weighted by Crippen LogP contribution is 2.22. The van der Waals surface area contributed by atoms with Gasteiger partial charge in [-0.2, -0.15) is 0 Å². The van der Waals surface area contributed by atoms with Crippen molar-refractivity contribution in [1.82, 2.24) is 9.55 Å². The summed E-state index contributed by atoms with van der Waals surface area (Å²) in [4.78, 5) is 9.20. The van der Waals surface area contributed by atoms with E-state index in [2.05, 4.69) is 46.3 Å². The molecule has 0 N–H and O–H groups in total. The van der Waals surface area contributed by atoms with Gasteiger partial charge in [-0.15, -0.1) is 0 Å². The molecule has 0 spiro atoms. The molecule has 0 aliphatic rings. The van der Waals surface area contributed by atoms with Gasteiger partial charge in [-0.3, -0.25) is 4.99 Å². The molecule has 5 heteroatoms. The smallest absolute Gasteiger partial charge is 0.242 e. The lowest BCUT2D eigenvalue weighted by atomic mass is 10.2. The lowest BCUT2D eigenvalue weighted by Gasteiger charge is -2.21. The van der Waals surface area contributed by atoms with Crippen LogP contribution in [0.4, 0.5) is 0 Å². The van der Waals surface area contributed by atoms with Crippen LogP contribution in [0.2, 0.25) is 19.6 Å². The number of aryl methyl sites for hydroxylation is 1. The van der Waals surface area contributed by atoms with Crippen molar-refractivity contribution >= 4 is 25.6 Å². The van der Waals surface area contributed by atoms with Crippen LogP contribution in [0.25, 0.3) is 11.0 Å². The van der Waals surface area contributed by atoms with E-state index < -0.39 is 8.32 Å². The summed E-state index contributed by atoms with van der Waals surface area (Å²) in [5, 5.41) is 0. The van der Waals surface area contributed by atoms with Crippen molar-refractivity contribution in [3.63, 3.8) is 0 Å². The van der Waals surface area contributed by atoms with Gasteiger partial charge in [0.15, 0.2) is 5.82 Å². The average molecular weight is 337 g/mol. The van der Waals surface area contributed by atoms with Gasteiger partial charge in [0, 0.05) is 12.6 Å². The third-order valence-electron chi connectivity index (χ3n) is 3.68. The van der Waals surface area contributed by atoms with Crippen molar-refractivity contribution in [2.24, 2.45) is 12.0 Å². The Morgan fingerprint density at radius 1 is 1.08 bits per heavy atom. The summed E-state index contributed by atoms with van der Waals surface area (Å²) >= 11 is 0. The molecule has 0 radical (unpaired) electrons. The highest BCUT2D eigenvalue weighted by molar-refractivity contribution is 6.70. The van der Waals surface area contributed by atoms with E-state index in [0.29, 0.717) is 6.54 Å². The molecule has 124 valence electrons. The first kappa shape index (κ1) is 16.5. The molecule has 24 heavy (non-hydrogen) atoms. The van der Waals surface area contributed by atoms with E-state index in [1.54, 1.807) is 0 Å². The molecule has 3 rings (SSSR count). The van der Waals surface area contributed by atoms with E-state index in [1.807, 2.05) is 49.7 Å². The number of nitrogens with zero attached hydrogens (tertiary/aromatic N) is 3. The molecule has 0 atom stereocenters. The van der Waals surface area contributed by atoms with Crippen molar-refractivity contribution in [1.29, 1.82) is 0 Å². The minimum absolute atomic E-state index is 0.587. The zero-order chi connectivity index (χ0) is 17.2. The lowest BCUT2D eigenvalue weighted by molar-refractivity contribution is 0.549. The Morgan fingerprint density at radius 3 is 2.54 bits per heavy atom. The van der Waals surface area contributed by atoms with Gasteiger partial charge in [-0.1, -0.05) is 30.3 Å². The molecule has 0 aliphatic heterocycles.